The van der Waals surface area contributed by atoms with E-state index in [9.17, 15) is 0 Å². The van der Waals surface area contributed by atoms with Gasteiger partial charge in [0.05, 0.1) is 0 Å². The topological polar surface area (TPSA) is 0 Å². The molecule has 0 aromatic carbocycles. The Balaban J connectivity index is 2.47. The second-order valence-corrected chi connectivity index (χ2v) is 4.15. The molecule has 0 aromatic rings. The van der Waals surface area contributed by atoms with Crippen molar-refractivity contribution in [3.05, 3.63) is 36.5 Å². The summed E-state index contributed by atoms with van der Waals surface area (Å²) in [6.45, 7) is 8.25. The quantitative estimate of drug-likeness (QED) is 0.568. The van der Waals surface area contributed by atoms with Gasteiger partial charge in [0.1, 0.15) is 0 Å². The molecule has 2 unspecified atom stereocenters. The summed E-state index contributed by atoms with van der Waals surface area (Å²) in [6.07, 6.45) is 12.3. The summed E-state index contributed by atoms with van der Waals surface area (Å²) in [7, 11) is 0. The van der Waals surface area contributed by atoms with Crippen LogP contribution in [-0.2, 0) is 0 Å². The first kappa shape index (κ1) is 10.3. The van der Waals surface area contributed by atoms with Crippen molar-refractivity contribution in [3.8, 4) is 0 Å². The minimum Gasteiger partial charge on any atom is -0.0991 e. The van der Waals surface area contributed by atoms with Crippen LogP contribution in [0.1, 0.15) is 33.1 Å². The molecule has 0 N–H and O–H groups in total. The minimum atomic E-state index is 0.837. The van der Waals surface area contributed by atoms with E-state index in [0.717, 1.165) is 11.8 Å². The fraction of sp³-hybridized carbons (Fsp3) is 0.538. The van der Waals surface area contributed by atoms with Crippen LogP contribution in [0.25, 0.3) is 0 Å². The highest BCUT2D eigenvalue weighted by molar-refractivity contribution is 5.16. The van der Waals surface area contributed by atoms with Crippen LogP contribution in [0, 0.1) is 11.8 Å². The number of hydrogen-bond acceptors (Lipinski definition) is 0. The summed E-state index contributed by atoms with van der Waals surface area (Å²) in [6, 6.07) is 0. The summed E-state index contributed by atoms with van der Waals surface area (Å²) in [5, 5.41) is 0. The van der Waals surface area contributed by atoms with E-state index in [4.69, 9.17) is 0 Å². The Hall–Kier alpha value is -0.780. The van der Waals surface area contributed by atoms with Crippen LogP contribution >= 0.6 is 0 Å². The normalized spacial score (nSPS) is 29.8. The van der Waals surface area contributed by atoms with Gasteiger partial charge in [0.25, 0.3) is 0 Å². The molecule has 1 rings (SSSR count). The van der Waals surface area contributed by atoms with Crippen LogP contribution < -0.4 is 0 Å². The molecule has 0 heteroatoms. The zero-order valence-corrected chi connectivity index (χ0v) is 8.79. The number of hydrogen-bond donors (Lipinski definition) is 0. The second-order valence-electron chi connectivity index (χ2n) is 4.15. The molecule has 0 bridgehead atoms. The predicted octanol–water partition coefficient (Wildman–Crippen LogP) is 4.11. The monoisotopic (exact) mass is 176 g/mol. The van der Waals surface area contributed by atoms with E-state index in [-0.39, 0.29) is 0 Å². The Morgan fingerprint density at radius 3 is 2.62 bits per heavy atom. The molecule has 1 aliphatic carbocycles. The van der Waals surface area contributed by atoms with E-state index < -0.39 is 0 Å². The maximum atomic E-state index is 3.65. The Kier molecular flexibility index (Phi) is 4.01. The molecular weight excluding hydrogens is 156 g/mol. The third-order valence-corrected chi connectivity index (χ3v) is 2.95. The zero-order valence-electron chi connectivity index (χ0n) is 8.79. The predicted molar refractivity (Wildman–Crippen MR) is 59.6 cm³/mol. The maximum absolute atomic E-state index is 3.65. The third kappa shape index (κ3) is 3.22. The maximum Gasteiger partial charge on any atom is -0.0200 e. The van der Waals surface area contributed by atoms with Gasteiger partial charge < -0.3 is 0 Å². The fourth-order valence-electron chi connectivity index (χ4n) is 2.04. The molecule has 0 spiro atoms. The summed E-state index contributed by atoms with van der Waals surface area (Å²) in [5.74, 6) is 1.76. The van der Waals surface area contributed by atoms with E-state index in [1.807, 2.05) is 12.2 Å². The third-order valence-electron chi connectivity index (χ3n) is 2.95. The molecule has 1 fully saturated rings. The van der Waals surface area contributed by atoms with E-state index >= 15 is 0 Å². The first-order valence-electron chi connectivity index (χ1n) is 5.20. The molecule has 2 atom stereocenters. The van der Waals surface area contributed by atoms with Gasteiger partial charge in [-0.3, -0.25) is 0 Å². The van der Waals surface area contributed by atoms with Crippen LogP contribution in [0.5, 0.6) is 0 Å². The Labute approximate surface area is 82.0 Å². The molecule has 1 saturated carbocycles. The van der Waals surface area contributed by atoms with Gasteiger partial charge in [-0.05, 0) is 31.6 Å². The van der Waals surface area contributed by atoms with E-state index in [1.54, 1.807) is 0 Å². The van der Waals surface area contributed by atoms with Gasteiger partial charge in [-0.2, -0.15) is 0 Å². The largest absolute Gasteiger partial charge is 0.0991 e. The van der Waals surface area contributed by atoms with Gasteiger partial charge >= 0.3 is 0 Å². The highest BCUT2D eigenvalue weighted by Crippen LogP contribution is 2.34. The lowest BCUT2D eigenvalue weighted by Crippen LogP contribution is -1.95. The molecule has 0 aromatic heterocycles. The Bertz CT molecular complexity index is 220. The lowest BCUT2D eigenvalue weighted by atomic mass is 9.97. The van der Waals surface area contributed by atoms with Crippen molar-refractivity contribution in [1.82, 2.24) is 0 Å². The number of rotatable bonds is 3. The first-order chi connectivity index (χ1) is 6.24. The molecule has 1 aliphatic rings. The summed E-state index contributed by atoms with van der Waals surface area (Å²) < 4.78 is 0. The standard InChI is InChI=1S/C13H20/c1-4-5-6-7-12(3)13-9-8-11(2)10-13/h4-7,11,13H,1,8-10H2,2-3H3/b6-5-,12-7+. The van der Waals surface area contributed by atoms with E-state index in [2.05, 4.69) is 32.6 Å². The fourth-order valence-corrected chi connectivity index (χ4v) is 2.04. The van der Waals surface area contributed by atoms with E-state index in [0.29, 0.717) is 0 Å². The summed E-state index contributed by atoms with van der Waals surface area (Å²) >= 11 is 0. The zero-order chi connectivity index (χ0) is 9.68. The van der Waals surface area contributed by atoms with Crippen LogP contribution in [0.2, 0.25) is 0 Å². The van der Waals surface area contributed by atoms with E-state index in [1.165, 1.54) is 24.8 Å². The van der Waals surface area contributed by atoms with Crippen molar-refractivity contribution in [2.45, 2.75) is 33.1 Å². The van der Waals surface area contributed by atoms with Crippen molar-refractivity contribution in [2.75, 3.05) is 0 Å². The molecule has 72 valence electrons. The van der Waals surface area contributed by atoms with Crippen molar-refractivity contribution in [1.29, 1.82) is 0 Å². The molecule has 0 saturated heterocycles. The Morgan fingerprint density at radius 1 is 1.31 bits per heavy atom. The SMILES string of the molecule is C=C/C=C\C=C(/C)C1CCC(C)C1. The number of allylic oxidation sites excluding steroid dienone is 5. The average Bonchev–Trinajstić information content (AvgIpc) is 2.52. The molecular formula is C13H20. The van der Waals surface area contributed by atoms with Crippen molar-refractivity contribution < 1.29 is 0 Å². The Morgan fingerprint density at radius 2 is 2.08 bits per heavy atom. The highest BCUT2D eigenvalue weighted by atomic mass is 14.3. The summed E-state index contributed by atoms with van der Waals surface area (Å²) in [5.41, 5.74) is 1.53. The first-order valence-corrected chi connectivity index (χ1v) is 5.20. The smallest absolute Gasteiger partial charge is 0.0200 e. The molecule has 0 nitrogen and oxygen atoms in total. The highest BCUT2D eigenvalue weighted by Gasteiger charge is 2.21. The van der Waals surface area contributed by atoms with Gasteiger partial charge in [0.15, 0.2) is 0 Å². The second kappa shape index (κ2) is 5.06. The lowest BCUT2D eigenvalue weighted by Gasteiger charge is -2.08. The molecule has 13 heavy (non-hydrogen) atoms. The van der Waals surface area contributed by atoms with Gasteiger partial charge in [-0.15, -0.1) is 0 Å². The average molecular weight is 176 g/mol. The van der Waals surface area contributed by atoms with Gasteiger partial charge in [0.2, 0.25) is 0 Å². The summed E-state index contributed by atoms with van der Waals surface area (Å²) in [4.78, 5) is 0. The molecule has 0 aliphatic heterocycles. The van der Waals surface area contributed by atoms with Crippen molar-refractivity contribution in [3.63, 3.8) is 0 Å². The van der Waals surface area contributed by atoms with Crippen LogP contribution in [0.15, 0.2) is 36.5 Å². The van der Waals surface area contributed by atoms with Crippen LogP contribution in [0.4, 0.5) is 0 Å². The van der Waals surface area contributed by atoms with Crippen LogP contribution in [-0.4, -0.2) is 0 Å². The van der Waals surface area contributed by atoms with Gasteiger partial charge in [-0.25, -0.2) is 0 Å². The van der Waals surface area contributed by atoms with Crippen LogP contribution in [0.3, 0.4) is 0 Å². The van der Waals surface area contributed by atoms with Gasteiger partial charge in [0, 0.05) is 0 Å². The van der Waals surface area contributed by atoms with Gasteiger partial charge in [-0.1, -0.05) is 49.8 Å². The molecule has 0 radical (unpaired) electrons. The lowest BCUT2D eigenvalue weighted by molar-refractivity contribution is 0.571. The van der Waals surface area contributed by atoms with Crippen molar-refractivity contribution in [2.24, 2.45) is 11.8 Å². The van der Waals surface area contributed by atoms with Crippen molar-refractivity contribution >= 4 is 0 Å². The molecule has 0 heterocycles. The minimum absolute atomic E-state index is 0.837. The molecule has 0 amide bonds.